The second kappa shape index (κ2) is 2.37. The Morgan fingerprint density at radius 1 is 1.31 bits per heavy atom. The van der Waals surface area contributed by atoms with Crippen LogP contribution in [0.5, 0.6) is 0 Å². The average molecular weight is 180 g/mol. The van der Waals surface area contributed by atoms with Gasteiger partial charge in [0, 0.05) is 11.8 Å². The molecule has 13 heavy (non-hydrogen) atoms. The van der Waals surface area contributed by atoms with E-state index >= 15 is 0 Å². The normalized spacial score (nSPS) is 46.1. The van der Waals surface area contributed by atoms with E-state index in [0.29, 0.717) is 5.92 Å². The van der Waals surface area contributed by atoms with Crippen molar-refractivity contribution in [2.24, 2.45) is 11.3 Å². The van der Waals surface area contributed by atoms with Gasteiger partial charge in [-0.25, -0.2) is 0 Å². The van der Waals surface area contributed by atoms with Gasteiger partial charge in [0.25, 0.3) is 0 Å². The maximum absolute atomic E-state index is 5.79. The molecule has 2 aliphatic carbocycles. The summed E-state index contributed by atoms with van der Waals surface area (Å²) in [5.74, 6) is 0.488. The molecule has 3 rings (SSSR count). The Morgan fingerprint density at radius 3 is 2.77 bits per heavy atom. The molecule has 0 aromatic carbocycles. The summed E-state index contributed by atoms with van der Waals surface area (Å²) >= 11 is 0. The Bertz CT molecular complexity index is 253. The predicted octanol–water partition coefficient (Wildman–Crippen LogP) is 2.11. The first-order valence-corrected chi connectivity index (χ1v) is 5.21. The maximum atomic E-state index is 5.79. The lowest BCUT2D eigenvalue weighted by atomic mass is 9.52. The van der Waals surface area contributed by atoms with E-state index < -0.39 is 0 Å². The third kappa shape index (κ3) is 0.810. The van der Waals surface area contributed by atoms with Crippen molar-refractivity contribution in [3.8, 4) is 0 Å². The first-order chi connectivity index (χ1) is 6.27. The molecule has 3 aliphatic rings. The van der Waals surface area contributed by atoms with Crippen LogP contribution in [0.1, 0.15) is 26.2 Å². The van der Waals surface area contributed by atoms with Gasteiger partial charge in [0.2, 0.25) is 0 Å². The molecule has 0 bridgehead atoms. The highest BCUT2D eigenvalue weighted by atomic mass is 16.7. The molecule has 1 saturated carbocycles. The van der Waals surface area contributed by atoms with E-state index in [1.165, 1.54) is 12.8 Å². The number of fused-ring (bicyclic) bond motifs is 2. The first-order valence-electron chi connectivity index (χ1n) is 5.21. The highest BCUT2D eigenvalue weighted by molar-refractivity contribution is 5.18. The van der Waals surface area contributed by atoms with E-state index in [1.807, 2.05) is 0 Å². The van der Waals surface area contributed by atoms with E-state index in [-0.39, 0.29) is 11.2 Å². The smallest absolute Gasteiger partial charge is 0.174 e. The predicted molar refractivity (Wildman–Crippen MR) is 49.2 cm³/mol. The molecule has 1 heterocycles. The fourth-order valence-corrected chi connectivity index (χ4v) is 3.10. The molecule has 0 radical (unpaired) electrons. The fourth-order valence-electron chi connectivity index (χ4n) is 3.10. The Hall–Kier alpha value is -0.340. The first kappa shape index (κ1) is 8.01. The average Bonchev–Trinajstić information content (AvgIpc) is 2.60. The summed E-state index contributed by atoms with van der Waals surface area (Å²) < 4.78 is 11.6. The van der Waals surface area contributed by atoms with Crippen molar-refractivity contribution in [3.05, 3.63) is 12.2 Å². The highest BCUT2D eigenvalue weighted by Crippen LogP contribution is 2.62. The van der Waals surface area contributed by atoms with Crippen LogP contribution >= 0.6 is 0 Å². The highest BCUT2D eigenvalue weighted by Gasteiger charge is 2.65. The zero-order valence-electron chi connectivity index (χ0n) is 8.08. The fraction of sp³-hybridized carbons (Fsp3) is 0.818. The number of ether oxygens (including phenoxy) is 2. The Morgan fingerprint density at radius 2 is 2.08 bits per heavy atom. The van der Waals surface area contributed by atoms with Crippen molar-refractivity contribution in [2.45, 2.75) is 32.0 Å². The molecule has 2 nitrogen and oxygen atoms in total. The Labute approximate surface area is 78.9 Å². The lowest BCUT2D eigenvalue weighted by Crippen LogP contribution is -2.63. The minimum absolute atomic E-state index is 0.206. The summed E-state index contributed by atoms with van der Waals surface area (Å²) in [7, 11) is 0. The van der Waals surface area contributed by atoms with Crippen LogP contribution < -0.4 is 0 Å². The summed E-state index contributed by atoms with van der Waals surface area (Å²) in [5, 5.41) is 0. The SMILES string of the molecule is CC12CCC=CC1CC21OCCO1. The molecule has 0 aromatic heterocycles. The molecule has 0 amide bonds. The quantitative estimate of drug-likeness (QED) is 0.531. The molecular weight excluding hydrogens is 164 g/mol. The summed E-state index contributed by atoms with van der Waals surface area (Å²) in [4.78, 5) is 0. The number of allylic oxidation sites excluding steroid dienone is 2. The maximum Gasteiger partial charge on any atom is 0.174 e. The zero-order valence-corrected chi connectivity index (χ0v) is 8.08. The van der Waals surface area contributed by atoms with Crippen molar-refractivity contribution in [1.82, 2.24) is 0 Å². The zero-order chi connectivity index (χ0) is 8.94. The summed E-state index contributed by atoms with van der Waals surface area (Å²) in [6.45, 7) is 3.88. The summed E-state index contributed by atoms with van der Waals surface area (Å²) in [6.07, 6.45) is 8.11. The van der Waals surface area contributed by atoms with Gasteiger partial charge < -0.3 is 9.47 Å². The molecule has 2 unspecified atom stereocenters. The molecule has 1 saturated heterocycles. The van der Waals surface area contributed by atoms with Crippen molar-refractivity contribution in [3.63, 3.8) is 0 Å². The topological polar surface area (TPSA) is 18.5 Å². The largest absolute Gasteiger partial charge is 0.347 e. The third-order valence-corrected chi connectivity index (χ3v) is 4.13. The second-order valence-corrected chi connectivity index (χ2v) is 4.64. The molecule has 2 heteroatoms. The van der Waals surface area contributed by atoms with Gasteiger partial charge in [-0.3, -0.25) is 0 Å². The third-order valence-electron chi connectivity index (χ3n) is 4.13. The van der Waals surface area contributed by atoms with Crippen LogP contribution in [-0.4, -0.2) is 19.0 Å². The van der Waals surface area contributed by atoms with Crippen molar-refractivity contribution >= 4 is 0 Å². The van der Waals surface area contributed by atoms with Gasteiger partial charge in [0.15, 0.2) is 5.79 Å². The number of hydrogen-bond acceptors (Lipinski definition) is 2. The van der Waals surface area contributed by atoms with Crippen molar-refractivity contribution in [2.75, 3.05) is 13.2 Å². The van der Waals surface area contributed by atoms with Crippen LogP contribution in [0.4, 0.5) is 0 Å². The monoisotopic (exact) mass is 180 g/mol. The van der Waals surface area contributed by atoms with Crippen molar-refractivity contribution < 1.29 is 9.47 Å². The lowest BCUT2D eigenvalue weighted by molar-refractivity contribution is -0.316. The van der Waals surface area contributed by atoms with Gasteiger partial charge in [0.05, 0.1) is 13.2 Å². The summed E-state index contributed by atoms with van der Waals surface area (Å²) in [6, 6.07) is 0. The van der Waals surface area contributed by atoms with Crippen LogP contribution in [0.15, 0.2) is 12.2 Å². The minimum Gasteiger partial charge on any atom is -0.347 e. The van der Waals surface area contributed by atoms with Gasteiger partial charge in [-0.15, -0.1) is 0 Å². The lowest BCUT2D eigenvalue weighted by Gasteiger charge is -2.60. The van der Waals surface area contributed by atoms with Crippen LogP contribution in [0.25, 0.3) is 0 Å². The van der Waals surface area contributed by atoms with E-state index in [1.54, 1.807) is 0 Å². The van der Waals surface area contributed by atoms with E-state index in [4.69, 9.17) is 9.47 Å². The van der Waals surface area contributed by atoms with Gasteiger partial charge in [-0.2, -0.15) is 0 Å². The van der Waals surface area contributed by atoms with Crippen LogP contribution in [-0.2, 0) is 9.47 Å². The van der Waals surface area contributed by atoms with Crippen LogP contribution in [0.3, 0.4) is 0 Å². The van der Waals surface area contributed by atoms with E-state index in [9.17, 15) is 0 Å². The van der Waals surface area contributed by atoms with Crippen LogP contribution in [0, 0.1) is 11.3 Å². The minimum atomic E-state index is -0.206. The molecule has 0 N–H and O–H groups in total. The second-order valence-electron chi connectivity index (χ2n) is 4.64. The van der Waals surface area contributed by atoms with Gasteiger partial charge >= 0.3 is 0 Å². The molecule has 2 fully saturated rings. The number of rotatable bonds is 0. The standard InChI is InChI=1S/C11H16O2/c1-10-5-3-2-4-9(10)8-11(10)12-6-7-13-11/h2,4,9H,3,5-8H2,1H3. The molecule has 2 atom stereocenters. The van der Waals surface area contributed by atoms with E-state index in [0.717, 1.165) is 19.6 Å². The molecule has 1 aliphatic heterocycles. The molecule has 72 valence electrons. The summed E-state index contributed by atoms with van der Waals surface area (Å²) in [5.41, 5.74) is 0.262. The van der Waals surface area contributed by atoms with E-state index in [2.05, 4.69) is 19.1 Å². The van der Waals surface area contributed by atoms with Gasteiger partial charge in [-0.05, 0) is 18.8 Å². The van der Waals surface area contributed by atoms with Gasteiger partial charge in [-0.1, -0.05) is 19.1 Å². The Balaban J connectivity index is 1.91. The Kier molecular flexibility index (Phi) is 1.46. The molecule has 0 aromatic rings. The van der Waals surface area contributed by atoms with Crippen molar-refractivity contribution in [1.29, 1.82) is 0 Å². The van der Waals surface area contributed by atoms with Gasteiger partial charge in [0.1, 0.15) is 0 Å². The number of hydrogen-bond donors (Lipinski definition) is 0. The van der Waals surface area contributed by atoms with Crippen LogP contribution in [0.2, 0.25) is 0 Å². The molecular formula is C11H16O2. The molecule has 1 spiro atoms.